The SMILES string of the molecule is CC1(C)c2ccccc2-c2cc3c4ccccc4n(-c4cccc5c6cccc7sc8cccc(c45)c8c76)c3cc21. The maximum absolute atomic E-state index is 2.54. The zero-order chi connectivity index (χ0) is 27.0. The van der Waals surface area contributed by atoms with Crippen molar-refractivity contribution in [2.45, 2.75) is 19.3 Å². The molecule has 0 fully saturated rings. The van der Waals surface area contributed by atoms with Crippen molar-refractivity contribution in [1.29, 1.82) is 0 Å². The molecule has 1 aliphatic rings. The van der Waals surface area contributed by atoms with Crippen LogP contribution in [0.15, 0.2) is 115 Å². The molecule has 2 heterocycles. The number of para-hydroxylation sites is 1. The van der Waals surface area contributed by atoms with E-state index in [0.29, 0.717) is 0 Å². The molecule has 0 saturated heterocycles. The molecule has 10 rings (SSSR count). The lowest BCUT2D eigenvalue weighted by Gasteiger charge is -2.22. The number of fused-ring (bicyclic) bond motifs is 9. The van der Waals surface area contributed by atoms with Crippen LogP contribution in [-0.2, 0) is 5.41 Å². The van der Waals surface area contributed by atoms with Crippen LogP contribution in [0.5, 0.6) is 0 Å². The van der Waals surface area contributed by atoms with E-state index < -0.39 is 0 Å². The van der Waals surface area contributed by atoms with E-state index in [9.17, 15) is 0 Å². The summed E-state index contributed by atoms with van der Waals surface area (Å²) in [4.78, 5) is 0. The lowest BCUT2D eigenvalue weighted by Crippen LogP contribution is -2.15. The highest BCUT2D eigenvalue weighted by molar-refractivity contribution is 7.26. The largest absolute Gasteiger partial charge is 0.309 e. The first-order valence-electron chi connectivity index (χ1n) is 14.4. The minimum Gasteiger partial charge on any atom is -0.309 e. The summed E-state index contributed by atoms with van der Waals surface area (Å²) in [6.07, 6.45) is 0. The summed E-state index contributed by atoms with van der Waals surface area (Å²) in [6.45, 7) is 4.75. The number of rotatable bonds is 1. The van der Waals surface area contributed by atoms with Gasteiger partial charge in [0, 0.05) is 41.7 Å². The van der Waals surface area contributed by atoms with Crippen molar-refractivity contribution in [3.63, 3.8) is 0 Å². The van der Waals surface area contributed by atoms with E-state index in [1.165, 1.54) is 91.5 Å². The smallest absolute Gasteiger partial charge is 0.0547 e. The fraction of sp³-hybridized carbons (Fsp3) is 0.0769. The summed E-state index contributed by atoms with van der Waals surface area (Å²) in [7, 11) is 0. The summed E-state index contributed by atoms with van der Waals surface area (Å²) in [6, 6.07) is 43.4. The molecule has 7 aromatic carbocycles. The Kier molecular flexibility index (Phi) is 3.95. The molecule has 0 N–H and O–H groups in total. The highest BCUT2D eigenvalue weighted by Gasteiger charge is 2.36. The van der Waals surface area contributed by atoms with Gasteiger partial charge in [0.1, 0.15) is 0 Å². The number of hydrogen-bond donors (Lipinski definition) is 0. The predicted molar refractivity (Wildman–Crippen MR) is 177 cm³/mol. The summed E-state index contributed by atoms with van der Waals surface area (Å²) >= 11 is 1.91. The third-order valence-electron chi connectivity index (χ3n) is 9.74. The van der Waals surface area contributed by atoms with E-state index in [0.717, 1.165) is 0 Å². The summed E-state index contributed by atoms with van der Waals surface area (Å²) in [5, 5.41) is 10.8. The Labute approximate surface area is 241 Å². The van der Waals surface area contributed by atoms with Crippen molar-refractivity contribution < 1.29 is 0 Å². The third kappa shape index (κ3) is 2.58. The van der Waals surface area contributed by atoms with Gasteiger partial charge >= 0.3 is 0 Å². The van der Waals surface area contributed by atoms with Crippen molar-refractivity contribution >= 4 is 74.9 Å². The Morgan fingerprint density at radius 1 is 0.488 bits per heavy atom. The molecule has 2 heteroatoms. The molecular formula is C39H25NS. The van der Waals surface area contributed by atoms with Crippen molar-refractivity contribution in [2.24, 2.45) is 0 Å². The molecule has 9 aromatic rings. The van der Waals surface area contributed by atoms with E-state index >= 15 is 0 Å². The molecule has 192 valence electrons. The minimum absolute atomic E-state index is 0.0513. The zero-order valence-corrected chi connectivity index (χ0v) is 23.6. The summed E-state index contributed by atoms with van der Waals surface area (Å²) < 4.78 is 5.28. The van der Waals surface area contributed by atoms with Gasteiger partial charge in [-0.1, -0.05) is 92.7 Å². The molecule has 2 aromatic heterocycles. The minimum atomic E-state index is -0.0513. The first-order chi connectivity index (χ1) is 20.1. The molecular weight excluding hydrogens is 515 g/mol. The van der Waals surface area contributed by atoms with Crippen LogP contribution in [0.25, 0.3) is 80.3 Å². The van der Waals surface area contributed by atoms with Crippen molar-refractivity contribution in [2.75, 3.05) is 0 Å². The number of nitrogens with zero attached hydrogens (tertiary/aromatic N) is 1. The molecule has 0 atom stereocenters. The first-order valence-corrected chi connectivity index (χ1v) is 15.2. The van der Waals surface area contributed by atoms with Gasteiger partial charge in [-0.2, -0.15) is 0 Å². The van der Waals surface area contributed by atoms with Gasteiger partial charge < -0.3 is 4.57 Å². The second-order valence-corrected chi connectivity index (χ2v) is 13.2. The van der Waals surface area contributed by atoms with E-state index in [1.807, 2.05) is 11.3 Å². The Balaban J connectivity index is 1.42. The Hall–Kier alpha value is -4.66. The molecule has 0 saturated carbocycles. The Morgan fingerprint density at radius 3 is 2.00 bits per heavy atom. The maximum atomic E-state index is 2.54. The molecule has 0 radical (unpaired) electrons. The standard InChI is InChI=1S/C39H25NS/c1-39(2)29-15-5-3-10-22(29)27-20-28-23-11-4-6-16-31(23)40(33(28)21-30(27)39)32-17-7-12-24-25-13-8-18-34-37(25)38-26(36(24)32)14-9-19-35(38)41-34/h3-21H,1-2H3. The first kappa shape index (κ1) is 22.1. The monoisotopic (exact) mass is 539 g/mol. The lowest BCUT2D eigenvalue weighted by atomic mass is 9.82. The van der Waals surface area contributed by atoms with Crippen molar-refractivity contribution in [1.82, 2.24) is 4.57 Å². The van der Waals surface area contributed by atoms with Gasteiger partial charge in [0.15, 0.2) is 0 Å². The van der Waals surface area contributed by atoms with Crippen LogP contribution in [0.4, 0.5) is 0 Å². The summed E-state index contributed by atoms with van der Waals surface area (Å²) in [5.74, 6) is 0. The molecule has 1 aliphatic carbocycles. The molecule has 1 nitrogen and oxygen atoms in total. The quantitative estimate of drug-likeness (QED) is 0.183. The molecule has 0 aliphatic heterocycles. The molecule has 0 unspecified atom stereocenters. The van der Waals surface area contributed by atoms with Gasteiger partial charge in [-0.05, 0) is 74.8 Å². The van der Waals surface area contributed by atoms with Gasteiger partial charge in [-0.15, -0.1) is 11.3 Å². The number of hydrogen-bond acceptors (Lipinski definition) is 1. The average Bonchev–Trinajstić information content (AvgIpc) is 3.62. The average molecular weight is 540 g/mol. The molecule has 41 heavy (non-hydrogen) atoms. The second-order valence-electron chi connectivity index (χ2n) is 12.1. The van der Waals surface area contributed by atoms with Gasteiger partial charge in [-0.25, -0.2) is 0 Å². The Morgan fingerprint density at radius 2 is 1.15 bits per heavy atom. The normalized spacial score (nSPS) is 14.3. The van der Waals surface area contributed by atoms with Crippen LogP contribution in [0.1, 0.15) is 25.0 Å². The lowest BCUT2D eigenvalue weighted by molar-refractivity contribution is 0.661. The molecule has 0 spiro atoms. The van der Waals surface area contributed by atoms with E-state index in [-0.39, 0.29) is 5.41 Å². The van der Waals surface area contributed by atoms with Crippen molar-refractivity contribution in [3.05, 3.63) is 126 Å². The van der Waals surface area contributed by atoms with Gasteiger partial charge in [0.25, 0.3) is 0 Å². The number of thiophene rings is 1. The van der Waals surface area contributed by atoms with E-state index in [4.69, 9.17) is 0 Å². The van der Waals surface area contributed by atoms with Crippen LogP contribution in [0, 0.1) is 0 Å². The summed E-state index contributed by atoms with van der Waals surface area (Å²) in [5.41, 5.74) is 9.30. The van der Waals surface area contributed by atoms with Crippen LogP contribution in [-0.4, -0.2) is 4.57 Å². The number of aromatic nitrogens is 1. The highest BCUT2D eigenvalue weighted by atomic mass is 32.1. The van der Waals surface area contributed by atoms with E-state index in [1.54, 1.807) is 0 Å². The van der Waals surface area contributed by atoms with E-state index in [2.05, 4.69) is 134 Å². The maximum Gasteiger partial charge on any atom is 0.0547 e. The van der Waals surface area contributed by atoms with Gasteiger partial charge in [0.05, 0.1) is 16.7 Å². The molecule has 0 bridgehead atoms. The topological polar surface area (TPSA) is 4.93 Å². The second kappa shape index (κ2) is 7.34. The van der Waals surface area contributed by atoms with Crippen LogP contribution < -0.4 is 0 Å². The fourth-order valence-electron chi connectivity index (χ4n) is 7.96. The van der Waals surface area contributed by atoms with Crippen molar-refractivity contribution in [3.8, 4) is 16.8 Å². The Bertz CT molecular complexity index is 2560. The number of benzene rings is 7. The highest BCUT2D eigenvalue weighted by Crippen LogP contribution is 2.52. The van der Waals surface area contributed by atoms with Gasteiger partial charge in [0.2, 0.25) is 0 Å². The van der Waals surface area contributed by atoms with Gasteiger partial charge in [-0.3, -0.25) is 0 Å². The fourth-order valence-corrected chi connectivity index (χ4v) is 9.11. The molecule has 0 amide bonds. The zero-order valence-electron chi connectivity index (χ0n) is 22.8. The van der Waals surface area contributed by atoms with Crippen LogP contribution >= 0.6 is 11.3 Å². The van der Waals surface area contributed by atoms with Crippen LogP contribution in [0.3, 0.4) is 0 Å². The predicted octanol–water partition coefficient (Wildman–Crippen LogP) is 11.2. The third-order valence-corrected chi connectivity index (χ3v) is 10.9. The van der Waals surface area contributed by atoms with Crippen LogP contribution in [0.2, 0.25) is 0 Å².